The van der Waals surface area contributed by atoms with Gasteiger partial charge in [0.1, 0.15) is 0 Å². The summed E-state index contributed by atoms with van der Waals surface area (Å²) in [7, 11) is 0. The van der Waals surface area contributed by atoms with Crippen LogP contribution in [-0.2, 0) is 5.41 Å². The number of fused-ring (bicyclic) bond motifs is 10. The molecule has 0 bridgehead atoms. The minimum atomic E-state index is -1.44. The van der Waals surface area contributed by atoms with Gasteiger partial charge in [0.2, 0.25) is 0 Å². The van der Waals surface area contributed by atoms with Crippen molar-refractivity contribution in [2.45, 2.75) is 5.41 Å². The second-order valence-electron chi connectivity index (χ2n) is 9.07. The number of hydrogen-bond acceptors (Lipinski definition) is 0. The zero-order valence-corrected chi connectivity index (χ0v) is 19.3. The van der Waals surface area contributed by atoms with E-state index in [1.54, 1.807) is 54.6 Å². The molecule has 0 aromatic heterocycles. The molecule has 0 atom stereocenters. The van der Waals surface area contributed by atoms with Crippen LogP contribution in [0.3, 0.4) is 0 Å². The Bertz CT molecular complexity index is 2410. The molecule has 0 unspecified atom stereocenters. The molecule has 0 heterocycles. The van der Waals surface area contributed by atoms with Crippen LogP contribution in [0.2, 0.25) is 0 Å². The predicted octanol–water partition coefficient (Wildman–Crippen LogP) is 9.36. The normalized spacial score (nSPS) is 18.9. The van der Waals surface area contributed by atoms with Crippen molar-refractivity contribution < 1.29 is 19.2 Å². The monoisotopic (exact) mass is 482 g/mol. The first kappa shape index (κ1) is 11.2. The van der Waals surface area contributed by atoms with Gasteiger partial charge in [-0.3, -0.25) is 0 Å². The molecule has 37 heavy (non-hydrogen) atoms. The maximum Gasteiger partial charge on any atom is 0.0725 e. The van der Waals surface area contributed by atoms with Gasteiger partial charge in [-0.25, -0.2) is 0 Å². The molecule has 0 heteroatoms. The molecule has 0 N–H and O–H groups in total. The van der Waals surface area contributed by atoms with Gasteiger partial charge < -0.3 is 0 Å². The minimum Gasteiger partial charge on any atom is -0.0622 e. The molecule has 0 aliphatic heterocycles. The Kier molecular flexibility index (Phi) is 2.31. The number of rotatable bonds is 2. The molecule has 0 nitrogen and oxygen atoms in total. The Labute approximate surface area is 237 Å². The summed E-state index contributed by atoms with van der Waals surface area (Å²) in [6.07, 6.45) is 0. The summed E-state index contributed by atoms with van der Waals surface area (Å²) in [5, 5.41) is 0. The summed E-state index contributed by atoms with van der Waals surface area (Å²) in [5.41, 5.74) is 3.20. The van der Waals surface area contributed by atoms with Gasteiger partial charge in [0.05, 0.1) is 24.6 Å². The Balaban J connectivity index is 1.55. The van der Waals surface area contributed by atoms with E-state index in [1.165, 1.54) is 0 Å². The van der Waals surface area contributed by atoms with E-state index >= 15 is 0 Å². The largest absolute Gasteiger partial charge is 0.0725 e. The van der Waals surface area contributed by atoms with Crippen LogP contribution in [0.15, 0.2) is 145 Å². The lowest BCUT2D eigenvalue weighted by Crippen LogP contribution is -2.26. The molecule has 0 radical (unpaired) electrons. The summed E-state index contributed by atoms with van der Waals surface area (Å²) >= 11 is 0. The SMILES string of the molecule is [2H]c1c([2H])c([2H])c(-c2ccc3c(c2)C2(c4cc(-c5c([2H])c([2H])c([2H])c([2H])c5[2H])ccc4-3)c3ccccc3-c3c([2H])c([2H])c([2H])c([2H])c32)c([2H])c1[2H]. The lowest BCUT2D eigenvalue weighted by molar-refractivity contribution is 0.794. The fourth-order valence-corrected chi connectivity index (χ4v) is 5.94. The van der Waals surface area contributed by atoms with Crippen LogP contribution in [0.5, 0.6) is 0 Å². The van der Waals surface area contributed by atoms with Crippen LogP contribution in [0, 0.1) is 0 Å². The average Bonchev–Trinajstić information content (AvgIpc) is 3.60. The van der Waals surface area contributed by atoms with Gasteiger partial charge in [-0.15, -0.1) is 0 Å². The average molecular weight is 483 g/mol. The standard InChI is InChI=1S/C37H24/c1-3-11-25(12-4-1)27-19-21-31-32-22-20-28(26-13-5-2-6-14-26)24-36(32)37(35(31)23-27)33-17-9-7-15-29(33)30-16-8-10-18-34(30)37/h1-24H/i1D,2D,3D,4D,5D,6D,7D,9D,11D,12D,13D,14D,15D,17D. The maximum absolute atomic E-state index is 9.34. The van der Waals surface area contributed by atoms with Crippen molar-refractivity contribution in [3.63, 3.8) is 0 Å². The second-order valence-corrected chi connectivity index (χ2v) is 9.07. The quantitative estimate of drug-likeness (QED) is 0.230. The fourth-order valence-electron chi connectivity index (χ4n) is 5.94. The van der Waals surface area contributed by atoms with Crippen molar-refractivity contribution in [2.24, 2.45) is 0 Å². The topological polar surface area (TPSA) is 0 Å². The van der Waals surface area contributed by atoms with E-state index in [0.29, 0.717) is 44.5 Å². The highest BCUT2D eigenvalue weighted by Gasteiger charge is 2.51. The molecule has 2 aliphatic carbocycles. The third-order valence-corrected chi connectivity index (χ3v) is 7.38. The van der Waals surface area contributed by atoms with Gasteiger partial charge in [0.15, 0.2) is 0 Å². The van der Waals surface area contributed by atoms with Gasteiger partial charge in [-0.2, -0.15) is 0 Å². The van der Waals surface area contributed by atoms with E-state index in [-0.39, 0.29) is 34.3 Å². The van der Waals surface area contributed by atoms with Gasteiger partial charge in [0.25, 0.3) is 0 Å². The van der Waals surface area contributed by atoms with Crippen molar-refractivity contribution in [2.75, 3.05) is 0 Å². The van der Waals surface area contributed by atoms with Crippen LogP contribution in [-0.4, -0.2) is 0 Å². The first-order valence-electron chi connectivity index (χ1n) is 18.8. The molecule has 2 aliphatic rings. The summed E-state index contributed by atoms with van der Waals surface area (Å²) < 4.78 is 120. The lowest BCUT2D eigenvalue weighted by Gasteiger charge is -2.31. The van der Waals surface area contributed by atoms with Crippen molar-refractivity contribution in [1.29, 1.82) is 0 Å². The molecule has 0 amide bonds. The van der Waals surface area contributed by atoms with E-state index < -0.39 is 77.9 Å². The summed E-state index contributed by atoms with van der Waals surface area (Å²) in [6.45, 7) is 0. The number of hydrogen-bond donors (Lipinski definition) is 0. The highest BCUT2D eigenvalue weighted by molar-refractivity contribution is 5.96. The molecular formula is C37H24. The Morgan fingerprint density at radius 1 is 0.378 bits per heavy atom. The zero-order valence-electron chi connectivity index (χ0n) is 33.3. The van der Waals surface area contributed by atoms with Gasteiger partial charge in [-0.1, -0.05) is 133 Å². The van der Waals surface area contributed by atoms with Crippen LogP contribution < -0.4 is 0 Å². The van der Waals surface area contributed by atoms with Crippen molar-refractivity contribution in [1.82, 2.24) is 0 Å². The van der Waals surface area contributed by atoms with Crippen LogP contribution in [0.4, 0.5) is 0 Å². The molecule has 0 saturated carbocycles. The zero-order chi connectivity index (χ0) is 36.6. The Morgan fingerprint density at radius 3 is 1.51 bits per heavy atom. The molecule has 0 fully saturated rings. The van der Waals surface area contributed by atoms with Gasteiger partial charge >= 0.3 is 0 Å². The summed E-state index contributed by atoms with van der Waals surface area (Å²) in [5.74, 6) is 0. The molecule has 8 rings (SSSR count). The second kappa shape index (κ2) is 7.66. The Hall–Kier alpha value is -4.68. The predicted molar refractivity (Wildman–Crippen MR) is 154 cm³/mol. The van der Waals surface area contributed by atoms with E-state index in [0.717, 1.165) is 0 Å². The van der Waals surface area contributed by atoms with E-state index in [2.05, 4.69) is 0 Å². The lowest BCUT2D eigenvalue weighted by atomic mass is 9.70. The Morgan fingerprint density at radius 2 is 0.892 bits per heavy atom. The summed E-state index contributed by atoms with van der Waals surface area (Å²) in [4.78, 5) is 0. The van der Waals surface area contributed by atoms with Gasteiger partial charge in [0, 0.05) is 0 Å². The smallest absolute Gasteiger partial charge is 0.0622 e. The van der Waals surface area contributed by atoms with Crippen molar-refractivity contribution in [3.8, 4) is 44.5 Å². The third kappa shape index (κ3) is 2.73. The molecular weight excluding hydrogens is 444 g/mol. The third-order valence-electron chi connectivity index (χ3n) is 7.38. The van der Waals surface area contributed by atoms with Gasteiger partial charge in [-0.05, 0) is 78.9 Å². The van der Waals surface area contributed by atoms with E-state index in [9.17, 15) is 1.37 Å². The molecule has 6 aromatic carbocycles. The molecule has 172 valence electrons. The highest BCUT2D eigenvalue weighted by Crippen LogP contribution is 2.63. The number of benzene rings is 6. The first-order chi connectivity index (χ1) is 24.2. The van der Waals surface area contributed by atoms with Crippen LogP contribution in [0.1, 0.15) is 41.4 Å². The molecule has 0 saturated heterocycles. The molecule has 1 spiro atoms. The first-order valence-corrected chi connectivity index (χ1v) is 11.8. The highest BCUT2D eigenvalue weighted by atomic mass is 14.5. The summed E-state index contributed by atoms with van der Waals surface area (Å²) in [6, 6.07) is 11.3. The van der Waals surface area contributed by atoms with E-state index in [1.807, 2.05) is 6.07 Å². The van der Waals surface area contributed by atoms with Crippen LogP contribution in [0.25, 0.3) is 44.5 Å². The van der Waals surface area contributed by atoms with Crippen LogP contribution >= 0.6 is 0 Å². The van der Waals surface area contributed by atoms with Crippen molar-refractivity contribution >= 4 is 0 Å². The fraction of sp³-hybridized carbons (Fsp3) is 0.0270. The molecule has 6 aromatic rings. The van der Waals surface area contributed by atoms with E-state index in [4.69, 9.17) is 17.8 Å². The maximum atomic E-state index is 9.34. The minimum absolute atomic E-state index is 0.0313. The van der Waals surface area contributed by atoms with Crippen molar-refractivity contribution in [3.05, 3.63) is 168 Å².